The van der Waals surface area contributed by atoms with Gasteiger partial charge in [-0.1, -0.05) is 42.5 Å². The van der Waals surface area contributed by atoms with Gasteiger partial charge in [-0.3, -0.25) is 9.69 Å². The summed E-state index contributed by atoms with van der Waals surface area (Å²) in [4.78, 5) is 16.5. The molecular formula is C26H30FN5O2. The fraction of sp³-hybridized carbons (Fsp3) is 0.346. The number of amides is 1. The van der Waals surface area contributed by atoms with Crippen molar-refractivity contribution in [3.63, 3.8) is 0 Å². The maximum atomic E-state index is 13.1. The molecule has 178 valence electrons. The molecule has 2 aromatic carbocycles. The standard InChI is InChI=1S/C26H30FN5O2/c1-31(16-21-7-9-23(27)10-8-21)24-11-12-26(30-29-24)34-19-25(33)28-15-22-13-14-32(18-22)17-20-5-3-2-4-6-20/h2-12,22H,13-19H2,1H3,(H,28,33)/t22-/m0/s1. The lowest BCUT2D eigenvalue weighted by Crippen LogP contribution is -2.34. The summed E-state index contributed by atoms with van der Waals surface area (Å²) in [5, 5.41) is 11.2. The highest BCUT2D eigenvalue weighted by atomic mass is 19.1. The number of ether oxygens (including phenoxy) is 1. The summed E-state index contributed by atoms with van der Waals surface area (Å²) in [6.07, 6.45) is 1.08. The Balaban J connectivity index is 1.15. The number of hydrogen-bond acceptors (Lipinski definition) is 6. The van der Waals surface area contributed by atoms with Crippen LogP contribution in [0.5, 0.6) is 5.88 Å². The van der Waals surface area contributed by atoms with E-state index >= 15 is 0 Å². The second-order valence-electron chi connectivity index (χ2n) is 8.68. The van der Waals surface area contributed by atoms with Crippen molar-refractivity contribution in [2.45, 2.75) is 19.5 Å². The van der Waals surface area contributed by atoms with Crippen LogP contribution in [0.25, 0.3) is 0 Å². The number of anilines is 1. The normalized spacial score (nSPS) is 15.8. The lowest BCUT2D eigenvalue weighted by molar-refractivity contribution is -0.123. The minimum atomic E-state index is -0.259. The molecule has 0 spiro atoms. The van der Waals surface area contributed by atoms with E-state index in [-0.39, 0.29) is 18.3 Å². The summed E-state index contributed by atoms with van der Waals surface area (Å²) in [7, 11) is 1.88. The molecular weight excluding hydrogens is 433 g/mol. The fourth-order valence-electron chi connectivity index (χ4n) is 4.05. The van der Waals surface area contributed by atoms with Crippen molar-refractivity contribution in [1.29, 1.82) is 0 Å². The number of likely N-dealkylation sites (tertiary alicyclic amines) is 1. The lowest BCUT2D eigenvalue weighted by atomic mass is 10.1. The highest BCUT2D eigenvalue weighted by molar-refractivity contribution is 5.77. The molecule has 0 aliphatic carbocycles. The van der Waals surface area contributed by atoms with Gasteiger partial charge >= 0.3 is 0 Å². The number of hydrogen-bond donors (Lipinski definition) is 1. The average molecular weight is 464 g/mol. The zero-order valence-corrected chi connectivity index (χ0v) is 19.4. The number of aromatic nitrogens is 2. The summed E-state index contributed by atoms with van der Waals surface area (Å²) in [5.41, 5.74) is 2.28. The van der Waals surface area contributed by atoms with E-state index in [4.69, 9.17) is 4.74 Å². The monoisotopic (exact) mass is 463 g/mol. The quantitative estimate of drug-likeness (QED) is 0.498. The third kappa shape index (κ3) is 6.99. The van der Waals surface area contributed by atoms with Gasteiger partial charge in [0.25, 0.3) is 5.91 Å². The Labute approximate surface area is 199 Å². The molecule has 1 fully saturated rings. The van der Waals surface area contributed by atoms with Crippen LogP contribution in [-0.2, 0) is 17.9 Å². The number of nitrogens with zero attached hydrogens (tertiary/aromatic N) is 4. The molecule has 1 amide bonds. The summed E-state index contributed by atoms with van der Waals surface area (Å²) < 4.78 is 18.5. The zero-order valence-electron chi connectivity index (χ0n) is 19.4. The Morgan fingerprint density at radius 3 is 2.62 bits per heavy atom. The number of halogens is 1. The van der Waals surface area contributed by atoms with Gasteiger partial charge in [0.05, 0.1) is 0 Å². The second kappa shape index (κ2) is 11.6. The Morgan fingerprint density at radius 2 is 1.88 bits per heavy atom. The fourth-order valence-corrected chi connectivity index (χ4v) is 4.05. The van der Waals surface area contributed by atoms with Crippen LogP contribution in [0.2, 0.25) is 0 Å². The van der Waals surface area contributed by atoms with Crippen molar-refractivity contribution in [2.75, 3.05) is 38.2 Å². The van der Waals surface area contributed by atoms with Gasteiger partial charge in [0, 0.05) is 39.3 Å². The van der Waals surface area contributed by atoms with Crippen molar-refractivity contribution in [1.82, 2.24) is 20.4 Å². The third-order valence-electron chi connectivity index (χ3n) is 5.91. The Bertz CT molecular complexity index is 1050. The number of benzene rings is 2. The molecule has 34 heavy (non-hydrogen) atoms. The summed E-state index contributed by atoms with van der Waals surface area (Å²) >= 11 is 0. The minimum absolute atomic E-state index is 0.0973. The van der Waals surface area contributed by atoms with Gasteiger partial charge in [-0.2, -0.15) is 0 Å². The molecule has 8 heteroatoms. The topological polar surface area (TPSA) is 70.6 Å². The predicted molar refractivity (Wildman–Crippen MR) is 129 cm³/mol. The molecule has 7 nitrogen and oxygen atoms in total. The van der Waals surface area contributed by atoms with Gasteiger partial charge in [-0.25, -0.2) is 4.39 Å². The molecule has 1 atom stereocenters. The van der Waals surface area contributed by atoms with Crippen LogP contribution in [0, 0.1) is 11.7 Å². The molecule has 0 unspecified atom stereocenters. The lowest BCUT2D eigenvalue weighted by Gasteiger charge is -2.18. The van der Waals surface area contributed by atoms with Gasteiger partial charge in [-0.05, 0) is 48.2 Å². The SMILES string of the molecule is CN(Cc1ccc(F)cc1)c1ccc(OCC(=O)NC[C@@H]2CCN(Cc3ccccc3)C2)nn1. The first-order valence-electron chi connectivity index (χ1n) is 11.5. The Kier molecular flexibility index (Phi) is 8.04. The van der Waals surface area contributed by atoms with Crippen molar-refractivity contribution in [3.8, 4) is 5.88 Å². The summed E-state index contributed by atoms with van der Waals surface area (Å²) in [6, 6.07) is 20.3. The first-order valence-corrected chi connectivity index (χ1v) is 11.5. The van der Waals surface area contributed by atoms with Crippen LogP contribution >= 0.6 is 0 Å². The third-order valence-corrected chi connectivity index (χ3v) is 5.91. The molecule has 3 aromatic rings. The van der Waals surface area contributed by atoms with E-state index in [2.05, 4.69) is 44.7 Å². The molecule has 1 aromatic heterocycles. The van der Waals surface area contributed by atoms with Crippen molar-refractivity contribution in [2.24, 2.45) is 5.92 Å². The highest BCUT2D eigenvalue weighted by Gasteiger charge is 2.22. The average Bonchev–Trinajstić information content (AvgIpc) is 3.31. The van der Waals surface area contributed by atoms with Gasteiger partial charge in [0.15, 0.2) is 12.4 Å². The van der Waals surface area contributed by atoms with Crippen molar-refractivity contribution >= 4 is 11.7 Å². The number of rotatable bonds is 10. The molecule has 1 saturated heterocycles. The molecule has 2 heterocycles. The van der Waals surface area contributed by atoms with E-state index in [9.17, 15) is 9.18 Å². The van der Waals surface area contributed by atoms with E-state index in [1.807, 2.05) is 18.0 Å². The van der Waals surface area contributed by atoms with Gasteiger partial charge in [-0.15, -0.1) is 10.2 Å². The van der Waals surface area contributed by atoms with Gasteiger partial charge in [0.1, 0.15) is 5.82 Å². The largest absolute Gasteiger partial charge is 0.466 e. The summed E-state index contributed by atoms with van der Waals surface area (Å²) in [6.45, 7) is 4.09. The smallest absolute Gasteiger partial charge is 0.258 e. The van der Waals surface area contributed by atoms with Crippen LogP contribution in [0.15, 0.2) is 66.7 Å². The zero-order chi connectivity index (χ0) is 23.8. The predicted octanol–water partition coefficient (Wildman–Crippen LogP) is 3.27. The first kappa shape index (κ1) is 23.6. The molecule has 0 saturated carbocycles. The first-order chi connectivity index (χ1) is 16.5. The maximum Gasteiger partial charge on any atom is 0.258 e. The molecule has 1 aliphatic heterocycles. The van der Waals surface area contributed by atoms with Crippen LogP contribution in [0.3, 0.4) is 0 Å². The molecule has 0 bridgehead atoms. The number of carbonyl (C=O) groups is 1. The number of carbonyl (C=O) groups excluding carboxylic acids is 1. The van der Waals surface area contributed by atoms with Crippen LogP contribution in [0.4, 0.5) is 10.2 Å². The van der Waals surface area contributed by atoms with E-state index in [1.54, 1.807) is 24.3 Å². The summed E-state index contributed by atoms with van der Waals surface area (Å²) in [5.74, 6) is 0.973. The Hall–Kier alpha value is -3.52. The molecule has 4 rings (SSSR count). The van der Waals surface area contributed by atoms with Gasteiger partial charge < -0.3 is 15.0 Å². The maximum absolute atomic E-state index is 13.1. The van der Waals surface area contributed by atoms with E-state index < -0.39 is 0 Å². The van der Waals surface area contributed by atoms with E-state index in [0.717, 1.165) is 31.6 Å². The van der Waals surface area contributed by atoms with Gasteiger partial charge in [0.2, 0.25) is 5.88 Å². The molecule has 1 aliphatic rings. The highest BCUT2D eigenvalue weighted by Crippen LogP contribution is 2.18. The molecule has 1 N–H and O–H groups in total. The minimum Gasteiger partial charge on any atom is -0.466 e. The van der Waals surface area contributed by atoms with Crippen LogP contribution in [0.1, 0.15) is 17.5 Å². The number of nitrogens with one attached hydrogen (secondary N) is 1. The van der Waals surface area contributed by atoms with Crippen LogP contribution in [-0.4, -0.2) is 54.3 Å². The Morgan fingerprint density at radius 1 is 1.09 bits per heavy atom. The molecule has 0 radical (unpaired) electrons. The van der Waals surface area contributed by atoms with E-state index in [0.29, 0.717) is 30.7 Å². The van der Waals surface area contributed by atoms with Crippen molar-refractivity contribution < 1.29 is 13.9 Å². The van der Waals surface area contributed by atoms with Crippen molar-refractivity contribution in [3.05, 3.63) is 83.7 Å². The van der Waals surface area contributed by atoms with E-state index in [1.165, 1.54) is 17.7 Å². The second-order valence-corrected chi connectivity index (χ2v) is 8.68. The van der Waals surface area contributed by atoms with Crippen LogP contribution < -0.4 is 15.0 Å².